The number of hydrogen-bond acceptors (Lipinski definition) is 1. The quantitative estimate of drug-likeness (QED) is 0.561. The molecule has 0 aromatic heterocycles. The Morgan fingerprint density at radius 1 is 1.33 bits per heavy atom. The summed E-state index contributed by atoms with van der Waals surface area (Å²) in [7, 11) is 2.54. The van der Waals surface area contributed by atoms with Crippen LogP contribution < -0.4 is 5.30 Å². The monoisotopic (exact) mass is 179 g/mol. The predicted octanol–water partition coefficient (Wildman–Crippen LogP) is 2.39. The van der Waals surface area contributed by atoms with Crippen molar-refractivity contribution in [1.82, 2.24) is 0 Å². The average molecular weight is 179 g/mol. The number of hydrogen-bond donors (Lipinski definition) is 0. The Balaban J connectivity index is 0.000000561. The van der Waals surface area contributed by atoms with Gasteiger partial charge in [-0.25, -0.2) is 0 Å². The molecular formula is C10H14NP. The minimum Gasteiger partial charge on any atom is -0.192 e. The zero-order valence-electron chi connectivity index (χ0n) is 7.76. The molecule has 1 nitrogen and oxygen atoms in total. The van der Waals surface area contributed by atoms with E-state index in [2.05, 4.69) is 15.3 Å². The van der Waals surface area contributed by atoms with Crippen molar-refractivity contribution in [3.8, 4) is 6.07 Å². The van der Waals surface area contributed by atoms with E-state index in [1.165, 1.54) is 5.56 Å². The molecule has 0 aliphatic heterocycles. The third kappa shape index (κ3) is 3.03. The Labute approximate surface area is 76.6 Å². The lowest BCUT2D eigenvalue weighted by molar-refractivity contribution is 1.45. The van der Waals surface area contributed by atoms with E-state index in [1.807, 2.05) is 39.0 Å². The Kier molecular flexibility index (Phi) is 5.34. The molecule has 0 bridgehead atoms. The first kappa shape index (κ1) is 11.1. The van der Waals surface area contributed by atoms with Gasteiger partial charge in [-0.15, -0.1) is 9.24 Å². The predicted molar refractivity (Wildman–Crippen MR) is 56.6 cm³/mol. The summed E-state index contributed by atoms with van der Waals surface area (Å²) in [6, 6.07) is 7.84. The molecule has 64 valence electrons. The minimum absolute atomic E-state index is 0.732. The normalized spacial score (nSPS) is 7.92. The van der Waals surface area contributed by atoms with Crippen molar-refractivity contribution in [3.05, 3.63) is 29.3 Å². The second-order valence-corrected chi connectivity index (χ2v) is 2.82. The summed E-state index contributed by atoms with van der Waals surface area (Å²) in [5.41, 5.74) is 1.92. The number of nitrogens with zero attached hydrogens (tertiary/aromatic N) is 1. The average Bonchev–Trinajstić information content (AvgIpc) is 2.08. The zero-order valence-corrected chi connectivity index (χ0v) is 8.91. The topological polar surface area (TPSA) is 23.8 Å². The fourth-order valence-electron chi connectivity index (χ4n) is 0.784. The van der Waals surface area contributed by atoms with Crippen LogP contribution >= 0.6 is 9.24 Å². The van der Waals surface area contributed by atoms with E-state index >= 15 is 0 Å². The van der Waals surface area contributed by atoms with Gasteiger partial charge in [0.05, 0.1) is 11.6 Å². The first-order chi connectivity index (χ1) is 5.74. The second-order valence-electron chi connectivity index (χ2n) is 2.20. The summed E-state index contributed by atoms with van der Waals surface area (Å²) in [4.78, 5) is 0. The van der Waals surface area contributed by atoms with Crippen LogP contribution in [-0.4, -0.2) is 0 Å². The van der Waals surface area contributed by atoms with Gasteiger partial charge in [0.1, 0.15) is 0 Å². The van der Waals surface area contributed by atoms with Crippen LogP contribution in [0.4, 0.5) is 0 Å². The van der Waals surface area contributed by atoms with Crippen molar-refractivity contribution in [3.63, 3.8) is 0 Å². The van der Waals surface area contributed by atoms with Crippen LogP contribution in [-0.2, 0) is 0 Å². The van der Waals surface area contributed by atoms with Gasteiger partial charge in [0.2, 0.25) is 0 Å². The third-order valence-corrected chi connectivity index (χ3v) is 1.81. The Morgan fingerprint density at radius 2 is 1.92 bits per heavy atom. The van der Waals surface area contributed by atoms with Crippen LogP contribution in [0.2, 0.25) is 0 Å². The fourth-order valence-corrected chi connectivity index (χ4v) is 1.21. The molecule has 1 unspecified atom stereocenters. The van der Waals surface area contributed by atoms with Crippen LogP contribution in [0.5, 0.6) is 0 Å². The third-order valence-electron chi connectivity index (χ3n) is 1.33. The van der Waals surface area contributed by atoms with E-state index < -0.39 is 0 Å². The molecule has 0 saturated heterocycles. The number of nitriles is 1. The molecule has 0 fully saturated rings. The lowest BCUT2D eigenvalue weighted by Gasteiger charge is -1.96. The fraction of sp³-hybridized carbons (Fsp3) is 0.300. The summed E-state index contributed by atoms with van der Waals surface area (Å²) >= 11 is 0. The second kappa shape index (κ2) is 5.75. The van der Waals surface area contributed by atoms with Gasteiger partial charge < -0.3 is 0 Å². The van der Waals surface area contributed by atoms with Crippen molar-refractivity contribution in [2.75, 3.05) is 0 Å². The van der Waals surface area contributed by atoms with Gasteiger partial charge in [0, 0.05) is 0 Å². The van der Waals surface area contributed by atoms with E-state index in [1.54, 1.807) is 0 Å². The van der Waals surface area contributed by atoms with Gasteiger partial charge in [0.25, 0.3) is 0 Å². The standard InChI is InChI=1S/C8H8NP.C2H6/c1-6-2-3-7(5-9)8(10)4-6;1-2/h2-4H,10H2,1H3;1-2H3. The van der Waals surface area contributed by atoms with E-state index in [0.29, 0.717) is 0 Å². The first-order valence-electron chi connectivity index (χ1n) is 4.00. The largest absolute Gasteiger partial charge is 0.192 e. The number of benzene rings is 1. The highest BCUT2D eigenvalue weighted by Gasteiger charge is 1.94. The molecule has 0 aliphatic rings. The van der Waals surface area contributed by atoms with E-state index in [-0.39, 0.29) is 0 Å². The van der Waals surface area contributed by atoms with E-state index in [4.69, 9.17) is 5.26 Å². The smallest absolute Gasteiger partial charge is 0.0998 e. The lowest BCUT2D eigenvalue weighted by Crippen LogP contribution is -1.96. The molecule has 1 aromatic carbocycles. The molecule has 0 radical (unpaired) electrons. The molecule has 0 N–H and O–H groups in total. The first-order valence-corrected chi connectivity index (χ1v) is 4.58. The van der Waals surface area contributed by atoms with Crippen molar-refractivity contribution >= 4 is 14.5 Å². The zero-order chi connectivity index (χ0) is 9.56. The van der Waals surface area contributed by atoms with Gasteiger partial charge in [-0.1, -0.05) is 31.5 Å². The van der Waals surface area contributed by atoms with Crippen molar-refractivity contribution in [2.45, 2.75) is 20.8 Å². The van der Waals surface area contributed by atoms with Gasteiger partial charge >= 0.3 is 0 Å². The van der Waals surface area contributed by atoms with Crippen LogP contribution in [0.25, 0.3) is 0 Å². The minimum atomic E-state index is 0.732. The SMILES string of the molecule is CC.Cc1ccc(C#N)c(P)c1. The molecule has 0 spiro atoms. The summed E-state index contributed by atoms with van der Waals surface area (Å²) in [5, 5.41) is 9.52. The van der Waals surface area contributed by atoms with E-state index in [9.17, 15) is 0 Å². The Bertz CT molecular complexity index is 286. The highest BCUT2D eigenvalue weighted by molar-refractivity contribution is 7.27. The Hall–Kier alpha value is -0.860. The van der Waals surface area contributed by atoms with Crippen molar-refractivity contribution in [2.24, 2.45) is 0 Å². The molecule has 0 amide bonds. The lowest BCUT2D eigenvalue weighted by atomic mass is 10.2. The van der Waals surface area contributed by atoms with Crippen molar-refractivity contribution in [1.29, 1.82) is 5.26 Å². The van der Waals surface area contributed by atoms with E-state index in [0.717, 1.165) is 10.9 Å². The maximum absolute atomic E-state index is 8.55. The number of rotatable bonds is 0. The molecule has 0 heterocycles. The van der Waals surface area contributed by atoms with Gasteiger partial charge in [0.15, 0.2) is 0 Å². The molecule has 1 rings (SSSR count). The molecule has 12 heavy (non-hydrogen) atoms. The highest BCUT2D eigenvalue weighted by atomic mass is 31.0. The van der Waals surface area contributed by atoms with Crippen LogP contribution in [0, 0.1) is 18.3 Å². The maximum Gasteiger partial charge on any atom is 0.0998 e. The molecular weight excluding hydrogens is 165 g/mol. The van der Waals surface area contributed by atoms with Gasteiger partial charge in [-0.2, -0.15) is 5.26 Å². The van der Waals surface area contributed by atoms with Crippen LogP contribution in [0.3, 0.4) is 0 Å². The van der Waals surface area contributed by atoms with Gasteiger partial charge in [-0.3, -0.25) is 0 Å². The maximum atomic E-state index is 8.55. The molecule has 0 aliphatic carbocycles. The molecule has 2 heteroatoms. The molecule has 0 saturated carbocycles. The molecule has 1 aromatic rings. The molecule has 1 atom stereocenters. The summed E-state index contributed by atoms with van der Waals surface area (Å²) in [6.07, 6.45) is 0. The van der Waals surface area contributed by atoms with Crippen molar-refractivity contribution < 1.29 is 0 Å². The highest BCUT2D eigenvalue weighted by Crippen LogP contribution is 2.02. The van der Waals surface area contributed by atoms with Gasteiger partial charge in [-0.05, 0) is 18.3 Å². The Morgan fingerprint density at radius 3 is 2.33 bits per heavy atom. The summed E-state index contributed by atoms with van der Waals surface area (Å²) < 4.78 is 0. The van der Waals surface area contributed by atoms with Crippen LogP contribution in [0.15, 0.2) is 18.2 Å². The number of aryl methyl sites for hydroxylation is 1. The summed E-state index contributed by atoms with van der Waals surface area (Å²) in [6.45, 7) is 6.01. The van der Waals surface area contributed by atoms with Crippen LogP contribution in [0.1, 0.15) is 25.0 Å². The summed E-state index contributed by atoms with van der Waals surface area (Å²) in [5.74, 6) is 0.